The van der Waals surface area contributed by atoms with Crippen molar-refractivity contribution in [3.63, 3.8) is 0 Å². The zero-order valence-corrected chi connectivity index (χ0v) is 24.8. The van der Waals surface area contributed by atoms with Crippen molar-refractivity contribution in [3.05, 3.63) is 24.3 Å². The summed E-state index contributed by atoms with van der Waals surface area (Å²) in [5.41, 5.74) is -0.204. The molecule has 2 N–H and O–H groups in total. The number of rotatable bonds is 15. The van der Waals surface area contributed by atoms with Crippen molar-refractivity contribution in [2.24, 2.45) is 0 Å². The van der Waals surface area contributed by atoms with Gasteiger partial charge in [-0.15, -0.1) is 0 Å². The van der Waals surface area contributed by atoms with Crippen LogP contribution in [0.15, 0.2) is 24.3 Å². The minimum Gasteiger partial charge on any atom is -0.460 e. The third-order valence-corrected chi connectivity index (χ3v) is 5.56. The summed E-state index contributed by atoms with van der Waals surface area (Å²) in [6, 6.07) is -0.403. The second-order valence-electron chi connectivity index (χ2n) is 11.4. The number of carbonyl (C=O) groups excluding carboxylic acids is 4. The molecular weight excluding hydrogens is 488 g/mol. The summed E-state index contributed by atoms with van der Waals surface area (Å²) in [5.74, 6) is -0.934. The van der Waals surface area contributed by atoms with Crippen molar-refractivity contribution < 1.29 is 28.7 Å². The molecule has 0 rings (SSSR count). The van der Waals surface area contributed by atoms with Gasteiger partial charge >= 0.3 is 24.0 Å². The third-order valence-electron chi connectivity index (χ3n) is 5.56. The number of nitrogens with one attached hydrogen (secondary N) is 2. The first kappa shape index (κ1) is 35.0. The molecule has 0 aliphatic carbocycles. The van der Waals surface area contributed by atoms with Crippen LogP contribution in [0.25, 0.3) is 0 Å². The highest BCUT2D eigenvalue weighted by Gasteiger charge is 2.27. The van der Waals surface area contributed by atoms with E-state index >= 15 is 0 Å². The average molecular weight is 539 g/mol. The van der Waals surface area contributed by atoms with Gasteiger partial charge in [0, 0.05) is 35.3 Å². The van der Waals surface area contributed by atoms with Crippen molar-refractivity contribution in [1.82, 2.24) is 20.4 Å². The van der Waals surface area contributed by atoms with E-state index in [9.17, 15) is 19.2 Å². The number of hydrogen-bond donors (Lipinski definition) is 2. The third kappa shape index (κ3) is 14.6. The molecule has 0 atom stereocenters. The van der Waals surface area contributed by atoms with Crippen LogP contribution >= 0.6 is 0 Å². The number of nitrogens with zero attached hydrogens (tertiary/aromatic N) is 2. The first-order chi connectivity index (χ1) is 17.5. The molecule has 0 unspecified atom stereocenters. The Hall–Kier alpha value is -3.04. The summed E-state index contributed by atoms with van der Waals surface area (Å²) < 4.78 is 10.3. The van der Waals surface area contributed by atoms with Crippen LogP contribution in [0.2, 0.25) is 0 Å². The predicted molar refractivity (Wildman–Crippen MR) is 150 cm³/mol. The molecule has 218 valence electrons. The second-order valence-corrected chi connectivity index (χ2v) is 11.4. The molecule has 0 bridgehead atoms. The van der Waals surface area contributed by atoms with Crippen LogP contribution in [-0.4, -0.2) is 84.3 Å². The highest BCUT2D eigenvalue weighted by atomic mass is 16.5. The first-order valence-electron chi connectivity index (χ1n) is 13.2. The van der Waals surface area contributed by atoms with Gasteiger partial charge in [-0.1, -0.05) is 26.0 Å². The van der Waals surface area contributed by atoms with E-state index in [-0.39, 0.29) is 38.4 Å². The van der Waals surface area contributed by atoms with E-state index in [4.69, 9.17) is 9.47 Å². The number of amides is 4. The highest BCUT2D eigenvalue weighted by molar-refractivity contribution is 5.87. The van der Waals surface area contributed by atoms with Gasteiger partial charge in [0.1, 0.15) is 13.2 Å². The number of ether oxygens (including phenoxy) is 2. The van der Waals surface area contributed by atoms with Crippen LogP contribution in [0.5, 0.6) is 0 Å². The Kier molecular flexibility index (Phi) is 15.4. The lowest BCUT2D eigenvalue weighted by atomic mass is 10.1. The van der Waals surface area contributed by atoms with Crippen molar-refractivity contribution >= 4 is 24.0 Å². The molecule has 38 heavy (non-hydrogen) atoms. The topological polar surface area (TPSA) is 117 Å². The van der Waals surface area contributed by atoms with Gasteiger partial charge in [0.2, 0.25) is 0 Å². The molecule has 0 spiro atoms. The molecule has 0 aliphatic rings. The lowest BCUT2D eigenvalue weighted by Gasteiger charge is -2.35. The molecule has 0 aromatic heterocycles. The van der Waals surface area contributed by atoms with E-state index in [0.717, 1.165) is 25.7 Å². The summed E-state index contributed by atoms with van der Waals surface area (Å²) in [5, 5.41) is 5.87. The van der Waals surface area contributed by atoms with Crippen molar-refractivity contribution in [2.75, 3.05) is 39.4 Å². The maximum atomic E-state index is 12.7. The van der Waals surface area contributed by atoms with Gasteiger partial charge in [-0.25, -0.2) is 19.2 Å². The number of urea groups is 2. The van der Waals surface area contributed by atoms with E-state index < -0.39 is 23.0 Å². The smallest absolute Gasteiger partial charge is 0.333 e. The normalized spacial score (nSPS) is 11.3. The largest absolute Gasteiger partial charge is 0.460 e. The van der Waals surface area contributed by atoms with Crippen LogP contribution in [0.1, 0.15) is 81.1 Å². The molecule has 10 nitrogen and oxygen atoms in total. The van der Waals surface area contributed by atoms with Gasteiger partial charge < -0.3 is 29.9 Å². The lowest BCUT2D eigenvalue weighted by molar-refractivity contribution is -0.140. The fraction of sp³-hybridized carbons (Fsp3) is 0.714. The maximum Gasteiger partial charge on any atom is 0.333 e. The Bertz CT molecular complexity index is 758. The van der Waals surface area contributed by atoms with Crippen molar-refractivity contribution in [3.8, 4) is 0 Å². The Morgan fingerprint density at radius 2 is 0.947 bits per heavy atom. The summed E-state index contributed by atoms with van der Waals surface area (Å²) in [6.45, 7) is 23.7. The van der Waals surface area contributed by atoms with Crippen LogP contribution in [-0.2, 0) is 19.1 Å². The molecule has 4 amide bonds. The number of esters is 2. The Labute approximate surface area is 229 Å². The summed E-state index contributed by atoms with van der Waals surface area (Å²) in [4.78, 5) is 51.8. The quantitative estimate of drug-likeness (QED) is 0.181. The molecule has 0 fully saturated rings. The predicted octanol–water partition coefficient (Wildman–Crippen LogP) is 4.41. The molecule has 0 aromatic carbocycles. The molecule has 10 heteroatoms. The molecular formula is C28H50N4O6. The standard InChI is InChI=1S/C28H50N4O6/c1-21(2)23(33)37-19-17-31(27(5,6)7)25(35)29-15-13-11-12-14-16-30-26(36)32(28(8,9)10)18-20-38-24(34)22(3)4/h1,3,11-20H2,2,4-10H3,(H,29,35)(H,30,36). The number of carbonyl (C=O) groups is 4. The highest BCUT2D eigenvalue weighted by Crippen LogP contribution is 2.14. The summed E-state index contributed by atoms with van der Waals surface area (Å²) in [6.07, 6.45) is 3.43. The fourth-order valence-corrected chi connectivity index (χ4v) is 3.37. The van der Waals surface area contributed by atoms with E-state index in [1.807, 2.05) is 41.5 Å². The van der Waals surface area contributed by atoms with Crippen molar-refractivity contribution in [1.29, 1.82) is 0 Å². The van der Waals surface area contributed by atoms with E-state index in [1.165, 1.54) is 0 Å². The molecule has 0 heterocycles. The van der Waals surface area contributed by atoms with E-state index in [0.29, 0.717) is 24.2 Å². The van der Waals surface area contributed by atoms with Crippen molar-refractivity contribution in [2.45, 2.75) is 92.2 Å². The minimum absolute atomic E-state index is 0.106. The lowest BCUT2D eigenvalue weighted by Crippen LogP contribution is -2.52. The van der Waals surface area contributed by atoms with Gasteiger partial charge in [-0.2, -0.15) is 0 Å². The van der Waals surface area contributed by atoms with Crippen LogP contribution in [0.4, 0.5) is 9.59 Å². The SMILES string of the molecule is C=C(C)C(=O)OCCN(C(=O)NCCCCCCNC(=O)N(CCOC(=O)C(=C)C)C(C)(C)C)C(C)(C)C. The van der Waals surface area contributed by atoms with Crippen LogP contribution < -0.4 is 10.6 Å². The molecule has 0 radical (unpaired) electrons. The zero-order chi connectivity index (χ0) is 29.5. The van der Waals surface area contributed by atoms with Gasteiger partial charge in [0.15, 0.2) is 0 Å². The van der Waals surface area contributed by atoms with Crippen LogP contribution in [0.3, 0.4) is 0 Å². The number of hydrogen-bond acceptors (Lipinski definition) is 6. The second kappa shape index (κ2) is 16.7. The fourth-order valence-electron chi connectivity index (χ4n) is 3.37. The Morgan fingerprint density at radius 1 is 0.632 bits per heavy atom. The number of unbranched alkanes of at least 4 members (excludes halogenated alkanes) is 3. The van der Waals surface area contributed by atoms with E-state index in [2.05, 4.69) is 23.8 Å². The van der Waals surface area contributed by atoms with Gasteiger partial charge in [0.25, 0.3) is 0 Å². The Morgan fingerprint density at radius 3 is 1.21 bits per heavy atom. The van der Waals surface area contributed by atoms with Gasteiger partial charge in [-0.05, 0) is 68.2 Å². The summed E-state index contributed by atoms with van der Waals surface area (Å²) >= 11 is 0. The van der Waals surface area contributed by atoms with E-state index in [1.54, 1.807) is 23.6 Å². The molecule has 0 saturated carbocycles. The Balaban J connectivity index is 4.33. The van der Waals surface area contributed by atoms with Crippen LogP contribution in [0, 0.1) is 0 Å². The monoisotopic (exact) mass is 538 g/mol. The zero-order valence-electron chi connectivity index (χ0n) is 24.8. The summed E-state index contributed by atoms with van der Waals surface area (Å²) in [7, 11) is 0. The molecule has 0 aliphatic heterocycles. The van der Waals surface area contributed by atoms with Gasteiger partial charge in [-0.3, -0.25) is 0 Å². The molecule has 0 aromatic rings. The average Bonchev–Trinajstić information content (AvgIpc) is 2.78. The van der Waals surface area contributed by atoms with Gasteiger partial charge in [0.05, 0.1) is 13.1 Å². The molecule has 0 saturated heterocycles. The first-order valence-corrected chi connectivity index (χ1v) is 13.2. The minimum atomic E-state index is -0.467. The maximum absolute atomic E-state index is 12.7.